The van der Waals surface area contributed by atoms with Gasteiger partial charge in [0, 0.05) is 43.7 Å². The summed E-state index contributed by atoms with van der Waals surface area (Å²) in [4.78, 5) is 41.0. The first-order valence-corrected chi connectivity index (χ1v) is 10.1. The molecule has 0 aliphatic carbocycles. The van der Waals surface area contributed by atoms with Crippen molar-refractivity contribution >= 4 is 17.7 Å². The average molecular weight is 384 g/mol. The van der Waals surface area contributed by atoms with Crippen LogP contribution in [-0.4, -0.2) is 58.7 Å². The molecule has 3 aliphatic rings. The molecule has 150 valence electrons. The molecular weight excluding hydrogens is 356 g/mol. The molecule has 2 saturated heterocycles. The normalized spacial score (nSPS) is 25.4. The molecule has 3 heterocycles. The summed E-state index contributed by atoms with van der Waals surface area (Å²) < 4.78 is 0. The van der Waals surface area contributed by atoms with Gasteiger partial charge in [0.15, 0.2) is 0 Å². The summed E-state index contributed by atoms with van der Waals surface area (Å²) in [6.07, 6.45) is 1.75. The number of imide groups is 1. The van der Waals surface area contributed by atoms with E-state index in [-0.39, 0.29) is 29.7 Å². The van der Waals surface area contributed by atoms with Crippen LogP contribution in [-0.2, 0) is 22.7 Å². The fourth-order valence-corrected chi connectivity index (χ4v) is 4.52. The monoisotopic (exact) mass is 384 g/mol. The highest BCUT2D eigenvalue weighted by Gasteiger charge is 2.40. The molecule has 2 fully saturated rings. The van der Waals surface area contributed by atoms with Gasteiger partial charge >= 0.3 is 0 Å². The van der Waals surface area contributed by atoms with Crippen molar-refractivity contribution < 1.29 is 14.4 Å². The maximum Gasteiger partial charge on any atom is 0.255 e. The summed E-state index contributed by atoms with van der Waals surface area (Å²) in [6, 6.07) is 5.43. The fraction of sp³-hybridized carbons (Fsp3) is 0.571. The van der Waals surface area contributed by atoms with E-state index in [9.17, 15) is 14.4 Å². The van der Waals surface area contributed by atoms with E-state index in [4.69, 9.17) is 0 Å². The number of nitrogens with one attached hydrogen (secondary N) is 2. The number of hydrogen-bond acceptors (Lipinski definition) is 5. The second-order valence-corrected chi connectivity index (χ2v) is 8.62. The number of carbonyl (C=O) groups is 3. The lowest BCUT2D eigenvalue weighted by molar-refractivity contribution is -0.136. The van der Waals surface area contributed by atoms with E-state index in [1.54, 1.807) is 4.90 Å². The van der Waals surface area contributed by atoms with Crippen LogP contribution in [0.1, 0.15) is 54.6 Å². The number of carbonyl (C=O) groups excluding carboxylic acids is 3. The molecular formula is C21H28N4O3. The van der Waals surface area contributed by atoms with Crippen molar-refractivity contribution in [3.8, 4) is 0 Å². The third-order valence-electron chi connectivity index (χ3n) is 6.20. The molecule has 7 nitrogen and oxygen atoms in total. The van der Waals surface area contributed by atoms with Crippen LogP contribution >= 0.6 is 0 Å². The lowest BCUT2D eigenvalue weighted by Crippen LogP contribution is -2.52. The van der Waals surface area contributed by atoms with Crippen molar-refractivity contribution in [3.05, 3.63) is 34.9 Å². The maximum absolute atomic E-state index is 13.2. The summed E-state index contributed by atoms with van der Waals surface area (Å²) in [5, 5.41) is 5.85. The highest BCUT2D eigenvalue weighted by Crippen LogP contribution is 2.31. The average Bonchev–Trinajstić information content (AvgIpc) is 2.88. The Bertz CT molecular complexity index is 820. The molecule has 1 unspecified atom stereocenters. The van der Waals surface area contributed by atoms with E-state index in [2.05, 4.69) is 29.4 Å². The summed E-state index contributed by atoms with van der Waals surface area (Å²) in [5.41, 5.74) is 2.73. The second kappa shape index (κ2) is 7.29. The van der Waals surface area contributed by atoms with Crippen LogP contribution in [0, 0.1) is 0 Å². The third-order valence-corrected chi connectivity index (χ3v) is 6.20. The Balaban J connectivity index is 1.58. The lowest BCUT2D eigenvalue weighted by Gasteiger charge is -2.37. The Hall–Kier alpha value is -2.25. The van der Waals surface area contributed by atoms with E-state index >= 15 is 0 Å². The van der Waals surface area contributed by atoms with Crippen LogP contribution in [0.4, 0.5) is 0 Å². The van der Waals surface area contributed by atoms with Gasteiger partial charge in [-0.05, 0) is 44.4 Å². The van der Waals surface area contributed by atoms with Crippen LogP contribution in [0.5, 0.6) is 0 Å². The number of fused-ring (bicyclic) bond motifs is 1. The Kier molecular flexibility index (Phi) is 4.97. The summed E-state index contributed by atoms with van der Waals surface area (Å²) in [6.45, 7) is 8.51. The van der Waals surface area contributed by atoms with Crippen molar-refractivity contribution in [1.82, 2.24) is 20.4 Å². The molecule has 2 N–H and O–H groups in total. The number of amides is 3. The Morgan fingerprint density at radius 3 is 2.82 bits per heavy atom. The van der Waals surface area contributed by atoms with Crippen molar-refractivity contribution in [2.24, 2.45) is 0 Å². The minimum Gasteiger partial charge on any atom is -0.322 e. The van der Waals surface area contributed by atoms with Gasteiger partial charge in [-0.2, -0.15) is 0 Å². The van der Waals surface area contributed by atoms with Crippen molar-refractivity contribution in [2.45, 2.75) is 57.8 Å². The first kappa shape index (κ1) is 19.1. The van der Waals surface area contributed by atoms with E-state index in [1.165, 1.54) is 0 Å². The predicted octanol–water partition coefficient (Wildman–Crippen LogP) is 1.02. The molecule has 1 aromatic rings. The van der Waals surface area contributed by atoms with Gasteiger partial charge in [-0.1, -0.05) is 18.2 Å². The van der Waals surface area contributed by atoms with E-state index < -0.39 is 6.04 Å². The quantitative estimate of drug-likeness (QED) is 0.761. The fourth-order valence-electron chi connectivity index (χ4n) is 4.52. The van der Waals surface area contributed by atoms with Crippen LogP contribution in [0.15, 0.2) is 18.2 Å². The number of benzene rings is 1. The molecule has 28 heavy (non-hydrogen) atoms. The summed E-state index contributed by atoms with van der Waals surface area (Å²) in [7, 11) is 0. The van der Waals surface area contributed by atoms with Gasteiger partial charge in [0.1, 0.15) is 6.04 Å². The zero-order valence-electron chi connectivity index (χ0n) is 16.6. The Morgan fingerprint density at radius 2 is 2.04 bits per heavy atom. The SMILES string of the molecule is CC1(C)CNCCCN1Cc1cccc2c1C(=O)N(C1CCC(=O)NC1=O)C2. The molecule has 3 aliphatic heterocycles. The van der Waals surface area contributed by atoms with Crippen LogP contribution in [0.3, 0.4) is 0 Å². The minimum absolute atomic E-state index is 0.00415. The highest BCUT2D eigenvalue weighted by molar-refractivity contribution is 6.05. The van der Waals surface area contributed by atoms with Crippen molar-refractivity contribution in [3.63, 3.8) is 0 Å². The summed E-state index contributed by atoms with van der Waals surface area (Å²) >= 11 is 0. The third kappa shape index (κ3) is 3.44. The molecule has 0 aromatic heterocycles. The predicted molar refractivity (Wildman–Crippen MR) is 104 cm³/mol. The smallest absolute Gasteiger partial charge is 0.255 e. The molecule has 0 radical (unpaired) electrons. The zero-order valence-corrected chi connectivity index (χ0v) is 16.6. The maximum atomic E-state index is 13.2. The van der Waals surface area contributed by atoms with Gasteiger partial charge in [0.2, 0.25) is 11.8 Å². The lowest BCUT2D eigenvalue weighted by atomic mass is 9.98. The van der Waals surface area contributed by atoms with Gasteiger partial charge in [0.25, 0.3) is 5.91 Å². The Morgan fingerprint density at radius 1 is 1.21 bits per heavy atom. The van der Waals surface area contributed by atoms with E-state index in [0.717, 1.165) is 42.7 Å². The number of piperidine rings is 1. The molecule has 1 aromatic carbocycles. The van der Waals surface area contributed by atoms with Gasteiger partial charge in [-0.15, -0.1) is 0 Å². The molecule has 1 atom stereocenters. The molecule has 0 spiro atoms. The van der Waals surface area contributed by atoms with Crippen LogP contribution in [0.2, 0.25) is 0 Å². The molecule has 4 rings (SSSR count). The molecule has 7 heteroatoms. The van der Waals surface area contributed by atoms with Crippen LogP contribution in [0.25, 0.3) is 0 Å². The van der Waals surface area contributed by atoms with Gasteiger partial charge in [-0.3, -0.25) is 24.6 Å². The first-order valence-electron chi connectivity index (χ1n) is 10.1. The van der Waals surface area contributed by atoms with Gasteiger partial charge in [0.05, 0.1) is 0 Å². The van der Waals surface area contributed by atoms with E-state index in [1.807, 2.05) is 18.2 Å². The molecule has 0 bridgehead atoms. The minimum atomic E-state index is -0.565. The highest BCUT2D eigenvalue weighted by atomic mass is 16.2. The molecule has 0 saturated carbocycles. The number of nitrogens with zero attached hydrogens (tertiary/aromatic N) is 2. The Labute approximate surface area is 165 Å². The standard InChI is InChI=1S/C21H28N4O3/c1-21(2)13-22-9-4-10-24(21)11-14-5-3-6-15-12-25(20(28)18(14)15)16-7-8-17(26)23-19(16)27/h3,5-6,16,22H,4,7-13H2,1-2H3,(H,23,26,27). The van der Waals surface area contributed by atoms with Gasteiger partial charge in [-0.25, -0.2) is 0 Å². The topological polar surface area (TPSA) is 81.8 Å². The summed E-state index contributed by atoms with van der Waals surface area (Å²) in [5.74, 6) is -0.715. The zero-order chi connectivity index (χ0) is 19.9. The van der Waals surface area contributed by atoms with E-state index in [0.29, 0.717) is 19.5 Å². The van der Waals surface area contributed by atoms with Crippen LogP contribution < -0.4 is 10.6 Å². The van der Waals surface area contributed by atoms with Crippen molar-refractivity contribution in [1.29, 1.82) is 0 Å². The number of rotatable bonds is 3. The second-order valence-electron chi connectivity index (χ2n) is 8.62. The van der Waals surface area contributed by atoms with Gasteiger partial charge < -0.3 is 10.2 Å². The molecule has 3 amide bonds. The first-order chi connectivity index (χ1) is 13.4. The number of hydrogen-bond donors (Lipinski definition) is 2. The largest absolute Gasteiger partial charge is 0.322 e. The van der Waals surface area contributed by atoms with Crippen molar-refractivity contribution in [2.75, 3.05) is 19.6 Å².